The van der Waals surface area contributed by atoms with Crippen LogP contribution in [-0.4, -0.2) is 38.8 Å². The van der Waals surface area contributed by atoms with E-state index < -0.39 is 0 Å². The minimum Gasteiger partial charge on any atom is -0.465 e. The molecule has 0 unspecified atom stereocenters. The molecule has 5 rings (SSSR count). The Morgan fingerprint density at radius 3 is 3.00 bits per heavy atom. The molecule has 1 aliphatic heterocycles. The highest BCUT2D eigenvalue weighted by atomic mass is 16.3. The van der Waals surface area contributed by atoms with E-state index >= 15 is 0 Å². The maximum Gasteiger partial charge on any atom is 0.257 e. The molecule has 30 heavy (non-hydrogen) atoms. The molecular weight excluding hydrogens is 378 g/mol. The van der Waals surface area contributed by atoms with Crippen molar-refractivity contribution in [2.75, 3.05) is 18.8 Å². The van der Waals surface area contributed by atoms with Gasteiger partial charge in [0.2, 0.25) is 0 Å². The van der Waals surface area contributed by atoms with Crippen molar-refractivity contribution < 1.29 is 9.21 Å². The summed E-state index contributed by atoms with van der Waals surface area (Å²) in [6.07, 6.45) is 10.1. The lowest BCUT2D eigenvalue weighted by molar-refractivity contribution is 0.0788. The third-order valence-corrected chi connectivity index (χ3v) is 6.26. The van der Waals surface area contributed by atoms with E-state index in [4.69, 9.17) is 10.2 Å². The summed E-state index contributed by atoms with van der Waals surface area (Å²) in [7, 11) is 0. The molecule has 0 radical (unpaired) electrons. The van der Waals surface area contributed by atoms with Gasteiger partial charge in [0.05, 0.1) is 11.3 Å². The van der Waals surface area contributed by atoms with Crippen molar-refractivity contribution in [3.05, 3.63) is 59.2 Å². The lowest BCUT2D eigenvalue weighted by Crippen LogP contribution is -2.29. The molecule has 1 aliphatic carbocycles. The number of likely N-dealkylation sites (tertiary alicyclic amines) is 1. The first-order valence-corrected chi connectivity index (χ1v) is 10.5. The normalized spacial score (nSPS) is 18.4. The van der Waals surface area contributed by atoms with Gasteiger partial charge in [-0.25, -0.2) is 15.0 Å². The maximum absolute atomic E-state index is 13.4. The lowest BCUT2D eigenvalue weighted by Gasteiger charge is -2.19. The van der Waals surface area contributed by atoms with Crippen LogP contribution >= 0.6 is 0 Å². The second-order valence-corrected chi connectivity index (χ2v) is 8.17. The molecule has 1 fully saturated rings. The Balaban J connectivity index is 1.41. The van der Waals surface area contributed by atoms with Gasteiger partial charge in [0, 0.05) is 48.9 Å². The van der Waals surface area contributed by atoms with Gasteiger partial charge in [0.25, 0.3) is 5.91 Å². The van der Waals surface area contributed by atoms with Crippen molar-refractivity contribution in [3.8, 4) is 11.1 Å². The Kier molecular flexibility index (Phi) is 4.73. The molecule has 0 aromatic carbocycles. The highest BCUT2D eigenvalue weighted by molar-refractivity contribution is 5.97. The number of nitrogen functional groups attached to an aromatic ring is 1. The second-order valence-electron chi connectivity index (χ2n) is 8.17. The molecule has 0 spiro atoms. The van der Waals surface area contributed by atoms with E-state index in [-0.39, 0.29) is 11.8 Å². The number of pyridine rings is 1. The third-order valence-electron chi connectivity index (χ3n) is 6.26. The number of aromatic nitrogens is 3. The zero-order chi connectivity index (χ0) is 20.7. The summed E-state index contributed by atoms with van der Waals surface area (Å²) in [6, 6.07) is 3.75. The smallest absolute Gasteiger partial charge is 0.257 e. The van der Waals surface area contributed by atoms with Crippen LogP contribution in [0.2, 0.25) is 0 Å². The first kappa shape index (κ1) is 18.8. The predicted octanol–water partition coefficient (Wildman–Crippen LogP) is 3.53. The number of aryl methyl sites for hydroxylation is 2. The van der Waals surface area contributed by atoms with Crippen molar-refractivity contribution in [3.63, 3.8) is 0 Å². The molecule has 1 saturated heterocycles. The van der Waals surface area contributed by atoms with E-state index in [0.717, 1.165) is 71.6 Å². The molecule has 2 N–H and O–H groups in total. The minimum absolute atomic E-state index is 0.0886. The van der Waals surface area contributed by atoms with Gasteiger partial charge in [-0.2, -0.15) is 0 Å². The van der Waals surface area contributed by atoms with Crippen LogP contribution in [0.15, 0.2) is 35.3 Å². The highest BCUT2D eigenvalue weighted by Crippen LogP contribution is 2.36. The van der Waals surface area contributed by atoms with Crippen molar-refractivity contribution >= 4 is 11.7 Å². The minimum atomic E-state index is 0.0886. The number of hydrogen-bond acceptors (Lipinski definition) is 6. The molecule has 7 nitrogen and oxygen atoms in total. The van der Waals surface area contributed by atoms with Crippen molar-refractivity contribution in [2.24, 2.45) is 0 Å². The van der Waals surface area contributed by atoms with Gasteiger partial charge in [-0.15, -0.1) is 0 Å². The Labute approximate surface area is 175 Å². The SMILES string of the molecule is Cc1oc2c(c1C(=O)N1CC[C@H](c3ncncc3-c3ccnc(N)c3)C1)CCCC2. The predicted molar refractivity (Wildman–Crippen MR) is 113 cm³/mol. The van der Waals surface area contributed by atoms with Crippen LogP contribution in [0.5, 0.6) is 0 Å². The van der Waals surface area contributed by atoms with E-state index in [0.29, 0.717) is 18.9 Å². The molecular formula is C23H25N5O2. The van der Waals surface area contributed by atoms with Gasteiger partial charge in [-0.3, -0.25) is 4.79 Å². The summed E-state index contributed by atoms with van der Waals surface area (Å²) < 4.78 is 5.93. The molecule has 154 valence electrons. The van der Waals surface area contributed by atoms with E-state index in [2.05, 4.69) is 15.0 Å². The summed E-state index contributed by atoms with van der Waals surface area (Å²) in [5, 5.41) is 0. The summed E-state index contributed by atoms with van der Waals surface area (Å²) in [6.45, 7) is 3.27. The Hall–Kier alpha value is -3.22. The molecule has 2 aliphatic rings. The van der Waals surface area contributed by atoms with Crippen molar-refractivity contribution in [2.45, 2.75) is 44.9 Å². The van der Waals surface area contributed by atoms with Gasteiger partial charge < -0.3 is 15.1 Å². The standard InChI is InChI=1S/C23H25N5O2/c1-14-21(17-4-2-3-5-19(17)30-14)23(29)28-9-7-16(12-28)22-18(11-25-13-27-22)15-6-8-26-20(24)10-15/h6,8,10-11,13,16H,2-5,7,9,12H2,1H3,(H2,24,26)/t16-/m0/s1. The average molecular weight is 403 g/mol. The maximum atomic E-state index is 13.4. The molecule has 0 bridgehead atoms. The topological polar surface area (TPSA) is 98.1 Å². The van der Waals surface area contributed by atoms with Gasteiger partial charge in [-0.05, 0) is 50.3 Å². The summed E-state index contributed by atoms with van der Waals surface area (Å²) in [5.74, 6) is 2.47. The van der Waals surface area contributed by atoms with Gasteiger partial charge in [0.15, 0.2) is 0 Å². The summed E-state index contributed by atoms with van der Waals surface area (Å²) >= 11 is 0. The second kappa shape index (κ2) is 7.55. The molecule has 3 aromatic heterocycles. The van der Waals surface area contributed by atoms with Crippen LogP contribution in [-0.2, 0) is 12.8 Å². The van der Waals surface area contributed by atoms with Gasteiger partial charge >= 0.3 is 0 Å². The monoisotopic (exact) mass is 403 g/mol. The van der Waals surface area contributed by atoms with Crippen LogP contribution in [0.1, 0.15) is 58.3 Å². The Bertz CT molecular complexity index is 1110. The molecule has 4 heterocycles. The van der Waals surface area contributed by atoms with E-state index in [1.165, 1.54) is 0 Å². The number of hydrogen-bond donors (Lipinski definition) is 1. The molecule has 1 amide bonds. The van der Waals surface area contributed by atoms with Crippen LogP contribution in [0, 0.1) is 6.92 Å². The highest BCUT2D eigenvalue weighted by Gasteiger charge is 2.34. The zero-order valence-electron chi connectivity index (χ0n) is 17.1. The lowest BCUT2D eigenvalue weighted by atomic mass is 9.94. The number of nitrogens with two attached hydrogens (primary N) is 1. The largest absolute Gasteiger partial charge is 0.465 e. The van der Waals surface area contributed by atoms with Crippen LogP contribution in [0.25, 0.3) is 11.1 Å². The molecule has 0 saturated carbocycles. The first-order chi connectivity index (χ1) is 14.6. The fraction of sp³-hybridized carbons (Fsp3) is 0.391. The summed E-state index contributed by atoms with van der Waals surface area (Å²) in [4.78, 5) is 28.2. The molecule has 7 heteroatoms. The third kappa shape index (κ3) is 3.24. The summed E-state index contributed by atoms with van der Waals surface area (Å²) in [5.41, 5.74) is 10.6. The zero-order valence-corrected chi connectivity index (χ0v) is 17.1. The number of anilines is 1. The van der Waals surface area contributed by atoms with Gasteiger partial charge in [-0.1, -0.05) is 0 Å². The number of fused-ring (bicyclic) bond motifs is 1. The van der Waals surface area contributed by atoms with E-state index in [9.17, 15) is 4.79 Å². The average Bonchev–Trinajstić information content (AvgIpc) is 3.37. The number of nitrogens with zero attached hydrogens (tertiary/aromatic N) is 4. The van der Waals surface area contributed by atoms with E-state index in [1.807, 2.05) is 30.2 Å². The number of carbonyl (C=O) groups excluding carboxylic acids is 1. The number of furan rings is 1. The number of rotatable bonds is 3. The Morgan fingerprint density at radius 2 is 2.13 bits per heavy atom. The van der Waals surface area contributed by atoms with Gasteiger partial charge in [0.1, 0.15) is 23.7 Å². The fourth-order valence-electron chi connectivity index (χ4n) is 4.81. The quantitative estimate of drug-likeness (QED) is 0.718. The van der Waals surface area contributed by atoms with Crippen LogP contribution in [0.4, 0.5) is 5.82 Å². The number of carbonyl (C=O) groups is 1. The number of amides is 1. The molecule has 1 atom stereocenters. The van der Waals surface area contributed by atoms with Crippen molar-refractivity contribution in [1.29, 1.82) is 0 Å². The van der Waals surface area contributed by atoms with Crippen LogP contribution in [0.3, 0.4) is 0 Å². The Morgan fingerprint density at radius 1 is 1.27 bits per heavy atom. The fourth-order valence-corrected chi connectivity index (χ4v) is 4.81. The van der Waals surface area contributed by atoms with Crippen molar-refractivity contribution in [1.82, 2.24) is 19.9 Å². The first-order valence-electron chi connectivity index (χ1n) is 10.5. The molecule has 3 aromatic rings. The van der Waals surface area contributed by atoms with E-state index in [1.54, 1.807) is 12.5 Å². The van der Waals surface area contributed by atoms with Crippen LogP contribution < -0.4 is 5.73 Å².